The monoisotopic (exact) mass is 360 g/mol. The maximum Gasteiger partial charge on any atom is 0.162 e. The van der Waals surface area contributed by atoms with Crippen LogP contribution in [0.15, 0.2) is 28.7 Å². The largest absolute Gasteiger partial charge is 0.294 e. The van der Waals surface area contributed by atoms with Gasteiger partial charge in [-0.1, -0.05) is 63.3 Å². The summed E-state index contributed by atoms with van der Waals surface area (Å²) in [6, 6.07) is 7.61. The molecule has 0 N–H and O–H groups in total. The Labute approximate surface area is 120 Å². The van der Waals surface area contributed by atoms with Crippen molar-refractivity contribution in [3.8, 4) is 0 Å². The topological polar surface area (TPSA) is 17.1 Å². The van der Waals surface area contributed by atoms with Gasteiger partial charge in [-0.15, -0.1) is 0 Å². The van der Waals surface area contributed by atoms with Gasteiger partial charge in [0.05, 0.1) is 0 Å². The van der Waals surface area contributed by atoms with Crippen molar-refractivity contribution < 1.29 is 4.79 Å². The van der Waals surface area contributed by atoms with Crippen LogP contribution in [0, 0.1) is 0 Å². The van der Waals surface area contributed by atoms with Crippen LogP contribution in [-0.2, 0) is 0 Å². The first-order valence-corrected chi connectivity index (χ1v) is 8.00. The zero-order valence-corrected chi connectivity index (χ0v) is 13.1. The number of carbonyl (C=O) groups is 1. The summed E-state index contributed by atoms with van der Waals surface area (Å²) in [5.74, 6) is 0.262. The summed E-state index contributed by atoms with van der Waals surface area (Å²) in [6.07, 6.45) is 6.58. The smallest absolute Gasteiger partial charge is 0.162 e. The molecule has 0 spiro atoms. The minimum Gasteiger partial charge on any atom is -0.294 e. The number of hydrogen-bond acceptors (Lipinski definition) is 1. The highest BCUT2D eigenvalue weighted by Gasteiger charge is 2.04. The average Bonchev–Trinajstić information content (AvgIpc) is 2.34. The molecule has 1 aromatic rings. The van der Waals surface area contributed by atoms with Crippen LogP contribution in [0.5, 0.6) is 0 Å². The molecule has 0 aliphatic carbocycles. The van der Waals surface area contributed by atoms with Crippen LogP contribution < -0.4 is 0 Å². The van der Waals surface area contributed by atoms with E-state index < -0.39 is 0 Å². The standard InChI is InChI=1S/C14H18Br2O/c15-11-5-3-1-2-4-6-14(17)12-7-9-13(16)10-8-12/h7-10H,1-6,11H2. The Morgan fingerprint density at radius 3 is 2.18 bits per heavy atom. The third-order valence-electron chi connectivity index (χ3n) is 2.70. The van der Waals surface area contributed by atoms with E-state index in [-0.39, 0.29) is 5.78 Å². The summed E-state index contributed by atoms with van der Waals surface area (Å²) in [5.41, 5.74) is 0.827. The molecule has 0 heterocycles. The molecule has 1 aromatic carbocycles. The van der Waals surface area contributed by atoms with Gasteiger partial charge >= 0.3 is 0 Å². The lowest BCUT2D eigenvalue weighted by Gasteiger charge is -2.02. The summed E-state index contributed by atoms with van der Waals surface area (Å²) in [5, 5.41) is 1.09. The Morgan fingerprint density at radius 2 is 1.53 bits per heavy atom. The molecule has 17 heavy (non-hydrogen) atoms. The maximum absolute atomic E-state index is 11.8. The summed E-state index contributed by atoms with van der Waals surface area (Å²) in [7, 11) is 0. The van der Waals surface area contributed by atoms with E-state index in [9.17, 15) is 4.79 Å². The van der Waals surface area contributed by atoms with Crippen molar-refractivity contribution in [1.82, 2.24) is 0 Å². The van der Waals surface area contributed by atoms with Crippen LogP contribution >= 0.6 is 31.9 Å². The highest BCUT2D eigenvalue weighted by atomic mass is 79.9. The molecular formula is C14H18Br2O. The molecule has 0 radical (unpaired) electrons. The quantitative estimate of drug-likeness (QED) is 0.345. The van der Waals surface area contributed by atoms with Crippen molar-refractivity contribution in [3.63, 3.8) is 0 Å². The lowest BCUT2D eigenvalue weighted by atomic mass is 10.0. The molecule has 0 aliphatic heterocycles. The average molecular weight is 362 g/mol. The van der Waals surface area contributed by atoms with E-state index in [1.54, 1.807) is 0 Å². The second-order valence-electron chi connectivity index (χ2n) is 4.14. The van der Waals surface area contributed by atoms with Crippen LogP contribution in [0.1, 0.15) is 48.9 Å². The van der Waals surface area contributed by atoms with Crippen LogP contribution in [-0.4, -0.2) is 11.1 Å². The van der Waals surface area contributed by atoms with Gasteiger partial charge in [-0.05, 0) is 25.0 Å². The molecule has 0 aromatic heterocycles. The number of halogens is 2. The Morgan fingerprint density at radius 1 is 0.941 bits per heavy atom. The molecule has 1 rings (SSSR count). The fourth-order valence-electron chi connectivity index (χ4n) is 1.69. The molecule has 0 bridgehead atoms. The first-order valence-electron chi connectivity index (χ1n) is 6.09. The van der Waals surface area contributed by atoms with Crippen LogP contribution in [0.3, 0.4) is 0 Å². The van der Waals surface area contributed by atoms with E-state index in [4.69, 9.17) is 0 Å². The number of carbonyl (C=O) groups excluding carboxylic acids is 1. The maximum atomic E-state index is 11.8. The van der Waals surface area contributed by atoms with E-state index in [1.165, 1.54) is 19.3 Å². The fraction of sp³-hybridized carbons (Fsp3) is 0.500. The summed E-state index contributed by atoms with van der Waals surface area (Å²) in [4.78, 5) is 11.8. The molecule has 0 atom stereocenters. The zero-order valence-electron chi connectivity index (χ0n) is 9.92. The predicted octanol–water partition coefficient (Wildman–Crippen LogP) is 5.37. The first kappa shape index (κ1) is 14.9. The van der Waals surface area contributed by atoms with E-state index in [2.05, 4.69) is 31.9 Å². The van der Waals surface area contributed by atoms with Crippen molar-refractivity contribution >= 4 is 37.6 Å². The SMILES string of the molecule is O=C(CCCCCCCBr)c1ccc(Br)cc1. The van der Waals surface area contributed by atoms with Gasteiger partial charge in [0.2, 0.25) is 0 Å². The van der Waals surface area contributed by atoms with Crippen molar-refractivity contribution in [2.24, 2.45) is 0 Å². The third kappa shape index (κ3) is 6.37. The second-order valence-corrected chi connectivity index (χ2v) is 5.85. The Kier molecular flexibility index (Phi) is 7.78. The van der Waals surface area contributed by atoms with Gasteiger partial charge in [0.25, 0.3) is 0 Å². The molecule has 0 unspecified atom stereocenters. The minimum absolute atomic E-state index is 0.262. The molecule has 0 saturated heterocycles. The van der Waals surface area contributed by atoms with Gasteiger partial charge in [-0.2, -0.15) is 0 Å². The number of unbranched alkanes of at least 4 members (excludes halogenated alkanes) is 4. The number of rotatable bonds is 8. The summed E-state index contributed by atoms with van der Waals surface area (Å²) < 4.78 is 1.02. The Bertz CT molecular complexity index is 333. The first-order chi connectivity index (χ1) is 8.24. The van der Waals surface area contributed by atoms with Crippen molar-refractivity contribution in [3.05, 3.63) is 34.3 Å². The Balaban J connectivity index is 2.19. The molecule has 0 saturated carbocycles. The van der Waals surface area contributed by atoms with Crippen LogP contribution in [0.2, 0.25) is 0 Å². The van der Waals surface area contributed by atoms with Crippen molar-refractivity contribution in [1.29, 1.82) is 0 Å². The van der Waals surface area contributed by atoms with Gasteiger partial charge in [0, 0.05) is 21.8 Å². The second kappa shape index (κ2) is 8.87. The molecule has 0 aliphatic rings. The lowest BCUT2D eigenvalue weighted by Crippen LogP contribution is -1.98. The lowest BCUT2D eigenvalue weighted by molar-refractivity contribution is 0.0979. The van der Waals surface area contributed by atoms with E-state index in [1.807, 2.05) is 24.3 Å². The number of alkyl halides is 1. The predicted molar refractivity (Wildman–Crippen MR) is 80.0 cm³/mol. The summed E-state index contributed by atoms with van der Waals surface area (Å²) >= 11 is 6.79. The van der Waals surface area contributed by atoms with E-state index >= 15 is 0 Å². The minimum atomic E-state index is 0.262. The Hall–Kier alpha value is -0.150. The fourth-order valence-corrected chi connectivity index (χ4v) is 2.35. The molecule has 94 valence electrons. The highest BCUT2D eigenvalue weighted by Crippen LogP contribution is 2.14. The summed E-state index contributed by atoms with van der Waals surface area (Å²) in [6.45, 7) is 0. The number of hydrogen-bond donors (Lipinski definition) is 0. The number of Topliss-reactive ketones (excluding diaryl/α,β-unsaturated/α-hetero) is 1. The normalized spacial score (nSPS) is 10.5. The van der Waals surface area contributed by atoms with Gasteiger partial charge < -0.3 is 0 Å². The van der Waals surface area contributed by atoms with E-state index in [0.717, 1.165) is 28.2 Å². The molecule has 0 fully saturated rings. The van der Waals surface area contributed by atoms with Gasteiger partial charge in [-0.25, -0.2) is 0 Å². The van der Waals surface area contributed by atoms with Crippen LogP contribution in [0.4, 0.5) is 0 Å². The molecule has 3 heteroatoms. The van der Waals surface area contributed by atoms with Gasteiger partial charge in [0.1, 0.15) is 0 Å². The van der Waals surface area contributed by atoms with Gasteiger partial charge in [0.15, 0.2) is 5.78 Å². The van der Waals surface area contributed by atoms with Crippen molar-refractivity contribution in [2.45, 2.75) is 38.5 Å². The molecule has 1 nitrogen and oxygen atoms in total. The third-order valence-corrected chi connectivity index (χ3v) is 3.79. The van der Waals surface area contributed by atoms with Crippen molar-refractivity contribution in [2.75, 3.05) is 5.33 Å². The zero-order chi connectivity index (χ0) is 12.5. The van der Waals surface area contributed by atoms with Crippen LogP contribution in [0.25, 0.3) is 0 Å². The molecular weight excluding hydrogens is 344 g/mol. The van der Waals surface area contributed by atoms with E-state index in [0.29, 0.717) is 6.42 Å². The number of benzene rings is 1. The molecule has 0 amide bonds. The highest BCUT2D eigenvalue weighted by molar-refractivity contribution is 9.10. The van der Waals surface area contributed by atoms with Gasteiger partial charge in [-0.3, -0.25) is 4.79 Å². The number of ketones is 1.